The Hall–Kier alpha value is -2.43. The number of hydrogen-bond donors (Lipinski definition) is 2. The van der Waals surface area contributed by atoms with Crippen LogP contribution in [0.15, 0.2) is 52.1 Å². The smallest absolute Gasteiger partial charge is 0.191 e. The zero-order valence-corrected chi connectivity index (χ0v) is 15.5. The SMILES string of the molecule is COc1ccccc1CCNC(=NCCc1ccco1)NC1CCCC1. The van der Waals surface area contributed by atoms with Crippen molar-refractivity contribution in [1.29, 1.82) is 0 Å². The lowest BCUT2D eigenvalue weighted by Crippen LogP contribution is -2.43. The summed E-state index contributed by atoms with van der Waals surface area (Å²) in [7, 11) is 1.72. The van der Waals surface area contributed by atoms with Crippen LogP contribution in [0.25, 0.3) is 0 Å². The van der Waals surface area contributed by atoms with E-state index in [1.807, 2.05) is 30.3 Å². The van der Waals surface area contributed by atoms with Gasteiger partial charge in [0, 0.05) is 25.6 Å². The molecule has 1 aliphatic rings. The molecule has 2 N–H and O–H groups in total. The predicted molar refractivity (Wildman–Crippen MR) is 105 cm³/mol. The van der Waals surface area contributed by atoms with Crippen molar-refractivity contribution >= 4 is 5.96 Å². The van der Waals surface area contributed by atoms with E-state index in [2.05, 4.69) is 16.7 Å². The average molecular weight is 355 g/mol. The minimum absolute atomic E-state index is 0.538. The zero-order chi connectivity index (χ0) is 18.0. The van der Waals surface area contributed by atoms with Crippen LogP contribution in [0.2, 0.25) is 0 Å². The molecule has 0 atom stereocenters. The van der Waals surface area contributed by atoms with Gasteiger partial charge in [0.15, 0.2) is 5.96 Å². The summed E-state index contributed by atoms with van der Waals surface area (Å²) in [5.74, 6) is 2.82. The summed E-state index contributed by atoms with van der Waals surface area (Å²) in [4.78, 5) is 4.74. The number of hydrogen-bond acceptors (Lipinski definition) is 3. The zero-order valence-electron chi connectivity index (χ0n) is 15.5. The molecule has 1 aromatic heterocycles. The maximum atomic E-state index is 5.43. The van der Waals surface area contributed by atoms with Crippen LogP contribution in [0.1, 0.15) is 37.0 Å². The molecule has 0 aliphatic heterocycles. The Morgan fingerprint density at radius 1 is 1.15 bits per heavy atom. The van der Waals surface area contributed by atoms with Gasteiger partial charge < -0.3 is 19.8 Å². The number of ether oxygens (including phenoxy) is 1. The molecule has 3 rings (SSSR count). The molecule has 0 unspecified atom stereocenters. The highest BCUT2D eigenvalue weighted by atomic mass is 16.5. The van der Waals surface area contributed by atoms with Crippen molar-refractivity contribution in [2.24, 2.45) is 4.99 Å². The Morgan fingerprint density at radius 3 is 2.77 bits per heavy atom. The summed E-state index contributed by atoms with van der Waals surface area (Å²) >= 11 is 0. The van der Waals surface area contributed by atoms with Crippen molar-refractivity contribution in [2.75, 3.05) is 20.2 Å². The molecule has 5 nitrogen and oxygen atoms in total. The number of nitrogens with one attached hydrogen (secondary N) is 2. The van der Waals surface area contributed by atoms with Crippen LogP contribution in [-0.2, 0) is 12.8 Å². The number of benzene rings is 1. The molecular formula is C21H29N3O2. The molecule has 0 spiro atoms. The molecule has 0 saturated heterocycles. The molecule has 1 heterocycles. The standard InChI is InChI=1S/C21H29N3O2/c1-25-20-11-5-2-7-17(20)12-14-22-21(24-18-8-3-4-9-18)23-15-13-19-10-6-16-26-19/h2,5-7,10-11,16,18H,3-4,8-9,12-15H2,1H3,(H2,22,23,24). The van der Waals surface area contributed by atoms with E-state index in [1.54, 1.807) is 13.4 Å². The van der Waals surface area contributed by atoms with Crippen LogP contribution in [0.4, 0.5) is 0 Å². The summed E-state index contributed by atoms with van der Waals surface area (Å²) in [6, 6.07) is 12.6. The monoisotopic (exact) mass is 355 g/mol. The molecule has 5 heteroatoms. The molecule has 0 radical (unpaired) electrons. The summed E-state index contributed by atoms with van der Waals surface area (Å²) in [5, 5.41) is 7.07. The first kappa shape index (κ1) is 18.4. The van der Waals surface area contributed by atoms with E-state index in [4.69, 9.17) is 14.1 Å². The third kappa shape index (κ3) is 5.55. The quantitative estimate of drug-likeness (QED) is 0.562. The van der Waals surface area contributed by atoms with Gasteiger partial charge in [0.2, 0.25) is 0 Å². The minimum atomic E-state index is 0.538. The Morgan fingerprint density at radius 2 is 2.00 bits per heavy atom. The number of rotatable bonds is 8. The van der Waals surface area contributed by atoms with E-state index in [0.717, 1.165) is 36.9 Å². The van der Waals surface area contributed by atoms with Gasteiger partial charge in [-0.2, -0.15) is 0 Å². The fraction of sp³-hybridized carbons (Fsp3) is 0.476. The maximum Gasteiger partial charge on any atom is 0.191 e. The summed E-state index contributed by atoms with van der Waals surface area (Å²) < 4.78 is 10.8. The molecule has 2 aromatic rings. The highest BCUT2D eigenvalue weighted by Gasteiger charge is 2.16. The predicted octanol–water partition coefficient (Wildman–Crippen LogP) is 3.55. The van der Waals surface area contributed by atoms with Crippen LogP contribution >= 0.6 is 0 Å². The second kappa shape index (κ2) is 9.90. The van der Waals surface area contributed by atoms with Crippen molar-refractivity contribution in [3.8, 4) is 5.75 Å². The van der Waals surface area contributed by atoms with Crippen LogP contribution in [0.3, 0.4) is 0 Å². The van der Waals surface area contributed by atoms with Gasteiger partial charge in [0.05, 0.1) is 13.4 Å². The maximum absolute atomic E-state index is 5.43. The summed E-state index contributed by atoms with van der Waals surface area (Å²) in [6.45, 7) is 1.53. The van der Waals surface area contributed by atoms with Gasteiger partial charge in [0.1, 0.15) is 11.5 Å². The second-order valence-electron chi connectivity index (χ2n) is 6.67. The number of nitrogens with zero attached hydrogens (tertiary/aromatic N) is 1. The fourth-order valence-electron chi connectivity index (χ4n) is 3.37. The van der Waals surface area contributed by atoms with E-state index in [1.165, 1.54) is 31.2 Å². The molecule has 0 bridgehead atoms. The van der Waals surface area contributed by atoms with E-state index < -0.39 is 0 Å². The first-order valence-electron chi connectivity index (χ1n) is 9.54. The summed E-state index contributed by atoms with van der Waals surface area (Å²) in [6.07, 6.45) is 8.49. The van der Waals surface area contributed by atoms with E-state index >= 15 is 0 Å². The van der Waals surface area contributed by atoms with Crippen molar-refractivity contribution < 1.29 is 9.15 Å². The largest absolute Gasteiger partial charge is 0.496 e. The average Bonchev–Trinajstić information content (AvgIpc) is 3.36. The van der Waals surface area contributed by atoms with E-state index in [-0.39, 0.29) is 0 Å². The normalized spacial score (nSPS) is 15.2. The van der Waals surface area contributed by atoms with Crippen molar-refractivity contribution in [1.82, 2.24) is 10.6 Å². The first-order valence-corrected chi connectivity index (χ1v) is 9.54. The Balaban J connectivity index is 1.53. The van der Waals surface area contributed by atoms with Gasteiger partial charge in [0.25, 0.3) is 0 Å². The van der Waals surface area contributed by atoms with Gasteiger partial charge in [-0.3, -0.25) is 4.99 Å². The molecule has 1 saturated carbocycles. The van der Waals surface area contributed by atoms with Crippen LogP contribution in [-0.4, -0.2) is 32.2 Å². The number of methoxy groups -OCH3 is 1. The third-order valence-corrected chi connectivity index (χ3v) is 4.78. The molecule has 1 fully saturated rings. The van der Waals surface area contributed by atoms with Gasteiger partial charge in [-0.1, -0.05) is 31.0 Å². The van der Waals surface area contributed by atoms with Gasteiger partial charge >= 0.3 is 0 Å². The minimum Gasteiger partial charge on any atom is -0.496 e. The van der Waals surface area contributed by atoms with Crippen LogP contribution < -0.4 is 15.4 Å². The highest BCUT2D eigenvalue weighted by molar-refractivity contribution is 5.80. The molecule has 140 valence electrons. The molecule has 1 aromatic carbocycles. The molecule has 1 aliphatic carbocycles. The van der Waals surface area contributed by atoms with Crippen LogP contribution in [0.5, 0.6) is 5.75 Å². The lowest BCUT2D eigenvalue weighted by atomic mass is 10.1. The van der Waals surface area contributed by atoms with Gasteiger partial charge in [-0.05, 0) is 43.0 Å². The van der Waals surface area contributed by atoms with Crippen molar-refractivity contribution in [3.05, 3.63) is 54.0 Å². The van der Waals surface area contributed by atoms with Gasteiger partial charge in [-0.25, -0.2) is 0 Å². The number of para-hydroxylation sites is 1. The van der Waals surface area contributed by atoms with Gasteiger partial charge in [-0.15, -0.1) is 0 Å². The van der Waals surface area contributed by atoms with E-state index in [9.17, 15) is 0 Å². The lowest BCUT2D eigenvalue weighted by Gasteiger charge is -2.18. The van der Waals surface area contributed by atoms with Crippen molar-refractivity contribution in [2.45, 2.75) is 44.6 Å². The Kier molecular flexibility index (Phi) is 6.99. The highest BCUT2D eigenvalue weighted by Crippen LogP contribution is 2.18. The topological polar surface area (TPSA) is 58.8 Å². The molecule has 0 amide bonds. The first-order chi connectivity index (χ1) is 12.8. The number of furan rings is 1. The molecular weight excluding hydrogens is 326 g/mol. The third-order valence-electron chi connectivity index (χ3n) is 4.78. The second-order valence-corrected chi connectivity index (χ2v) is 6.67. The Bertz CT molecular complexity index is 676. The summed E-state index contributed by atoms with van der Waals surface area (Å²) in [5.41, 5.74) is 1.21. The van der Waals surface area contributed by atoms with E-state index in [0.29, 0.717) is 12.6 Å². The van der Waals surface area contributed by atoms with Crippen molar-refractivity contribution in [3.63, 3.8) is 0 Å². The lowest BCUT2D eigenvalue weighted by molar-refractivity contribution is 0.409. The number of aliphatic imine (C=N–C) groups is 1. The number of guanidine groups is 1. The Labute approximate surface area is 155 Å². The fourth-order valence-corrected chi connectivity index (χ4v) is 3.37. The molecule has 26 heavy (non-hydrogen) atoms. The van der Waals surface area contributed by atoms with Crippen LogP contribution in [0, 0.1) is 0 Å².